The Bertz CT molecular complexity index is 11.5. The van der Waals surface area contributed by atoms with Gasteiger partial charge in [-0.1, -0.05) is 0 Å². The van der Waals surface area contributed by atoms with Crippen LogP contribution in [-0.4, -0.2) is 0 Å². The van der Waals surface area contributed by atoms with Gasteiger partial charge in [-0.15, -0.1) is 0 Å². The fourth-order valence-electron chi connectivity index (χ4n) is 0. The predicted molar refractivity (Wildman–Crippen MR) is 2.91 cm³/mol. The quantitative estimate of drug-likeness (QED) is 0.269. The van der Waals surface area contributed by atoms with Crippen LogP contribution in [0.4, 0.5) is 0 Å². The van der Waals surface area contributed by atoms with E-state index < -0.39 is 0 Å². The molecule has 0 atom stereocenters. The Labute approximate surface area is 60.2 Å². The summed E-state index contributed by atoms with van der Waals surface area (Å²) in [6.45, 7) is 0. The van der Waals surface area contributed by atoms with E-state index in [0.717, 1.165) is 0 Å². The van der Waals surface area contributed by atoms with Crippen molar-refractivity contribution in [1.29, 1.82) is 0 Å². The minimum absolute atomic E-state index is 0. The summed E-state index contributed by atoms with van der Waals surface area (Å²) in [5, 5.41) is 0. The number of hydrogen-bond acceptors (Lipinski definition) is 1. The van der Waals surface area contributed by atoms with Crippen LogP contribution < -0.4 is 37.7 Å². The van der Waals surface area contributed by atoms with Crippen molar-refractivity contribution in [2.75, 3.05) is 0 Å². The topological polar surface area (TPSA) is 17.1 Å². The van der Waals surface area contributed by atoms with Crippen LogP contribution in [-0.2, 0) is 19.8 Å². The van der Waals surface area contributed by atoms with E-state index in [1.807, 2.05) is 0 Å². The molecule has 0 aliphatic carbocycles. The maximum absolute atomic E-state index is 8.06. The molecule has 4 heavy (non-hydrogen) atoms. The first kappa shape index (κ1) is 17.8. The molecule has 1 nitrogen and oxygen atoms in total. The zero-order valence-electron chi connectivity index (χ0n) is 4.79. The first-order chi connectivity index (χ1) is 1.00. The van der Waals surface area contributed by atoms with Crippen LogP contribution >= 0.6 is 0 Å². The van der Waals surface area contributed by atoms with Gasteiger partial charge in [-0.2, -0.15) is 0 Å². The molecule has 0 rings (SSSR count). The Morgan fingerprint density at radius 1 is 1.25 bits per heavy atom. The van der Waals surface area contributed by atoms with Crippen LogP contribution in [0.1, 0.15) is 2.85 Å². The van der Waals surface area contributed by atoms with E-state index in [1.54, 1.807) is 15.9 Å². The van der Waals surface area contributed by atoms with E-state index in [9.17, 15) is 0 Å². The van der Waals surface area contributed by atoms with Gasteiger partial charge >= 0.3 is 57.5 Å². The van der Waals surface area contributed by atoms with E-state index in [1.165, 1.54) is 0 Å². The van der Waals surface area contributed by atoms with Crippen molar-refractivity contribution in [3.63, 3.8) is 0 Å². The molecule has 0 aliphatic rings. The maximum atomic E-state index is 8.06. The van der Waals surface area contributed by atoms with Crippen LogP contribution in [0.5, 0.6) is 0 Å². The van der Waals surface area contributed by atoms with Crippen LogP contribution in [0.25, 0.3) is 0 Å². The van der Waals surface area contributed by atoms with E-state index in [0.29, 0.717) is 0 Å². The molecular formula is H2Li2MnO. The molecule has 4 heteroatoms. The summed E-state index contributed by atoms with van der Waals surface area (Å²) in [6.07, 6.45) is 0. The third-order valence-electron chi connectivity index (χ3n) is 0. The summed E-state index contributed by atoms with van der Waals surface area (Å²) in [7, 11) is 0. The van der Waals surface area contributed by atoms with Gasteiger partial charge in [0.25, 0.3) is 0 Å². The van der Waals surface area contributed by atoms with Gasteiger partial charge in [0.05, 0.1) is 0 Å². The van der Waals surface area contributed by atoms with Gasteiger partial charge in [0.15, 0.2) is 0 Å². The van der Waals surface area contributed by atoms with Crippen LogP contribution in [0.3, 0.4) is 0 Å². The van der Waals surface area contributed by atoms with Gasteiger partial charge in [0.1, 0.15) is 0 Å². The molecule has 0 saturated heterocycles. The van der Waals surface area contributed by atoms with Crippen molar-refractivity contribution < 1.29 is 60.4 Å². The summed E-state index contributed by atoms with van der Waals surface area (Å²) >= 11 is 1.69. The average Bonchev–Trinajstić information content (AvgIpc) is 1.00. The number of hydrogen-bond donors (Lipinski definition) is 0. The summed E-state index contributed by atoms with van der Waals surface area (Å²) in [5.41, 5.74) is 0. The van der Waals surface area contributed by atoms with Gasteiger partial charge in [-0.3, -0.25) is 0 Å². The second-order valence-corrected chi connectivity index (χ2v) is 0. The third-order valence-corrected chi connectivity index (χ3v) is 0. The first-order valence-electron chi connectivity index (χ1n) is 0.154. The van der Waals surface area contributed by atoms with E-state index in [4.69, 9.17) is 3.83 Å². The molecule has 0 aromatic heterocycles. The molecule has 17 valence electrons. The second-order valence-electron chi connectivity index (χ2n) is 0. The fraction of sp³-hybridized carbons (Fsp3) is 0. The monoisotopic (exact) mass is 87.0 g/mol. The summed E-state index contributed by atoms with van der Waals surface area (Å²) < 4.78 is 8.06. The normalized spacial score (nSPS) is 1.00. The standard InChI is InChI=1S/2Li.Mn.O.2H/q2*+1;;;2*-1. The summed E-state index contributed by atoms with van der Waals surface area (Å²) in [5.74, 6) is 0. The van der Waals surface area contributed by atoms with Crippen LogP contribution in [0.2, 0.25) is 0 Å². The predicted octanol–water partition coefficient (Wildman–Crippen LogP) is -5.89. The van der Waals surface area contributed by atoms with Crippen molar-refractivity contribution in [1.82, 2.24) is 0 Å². The molecule has 0 N–H and O–H groups in total. The Balaban J connectivity index is -0.000000000833. The molecule has 0 fully saturated rings. The molecular weight excluding hydrogens is 84.8 g/mol. The summed E-state index contributed by atoms with van der Waals surface area (Å²) in [6, 6.07) is 0. The molecule has 0 heterocycles. The summed E-state index contributed by atoms with van der Waals surface area (Å²) in [4.78, 5) is 0. The van der Waals surface area contributed by atoms with E-state index >= 15 is 0 Å². The Kier molecular flexibility index (Phi) is 108. The van der Waals surface area contributed by atoms with E-state index in [-0.39, 0.29) is 40.6 Å². The van der Waals surface area contributed by atoms with Crippen LogP contribution in [0.15, 0.2) is 0 Å². The van der Waals surface area contributed by atoms with Crippen molar-refractivity contribution in [2.45, 2.75) is 0 Å². The van der Waals surface area contributed by atoms with Gasteiger partial charge in [-0.25, -0.2) is 0 Å². The number of rotatable bonds is 0. The van der Waals surface area contributed by atoms with Gasteiger partial charge < -0.3 is 2.85 Å². The molecule has 0 aromatic carbocycles. The molecule has 0 unspecified atom stereocenters. The Morgan fingerprint density at radius 2 is 1.25 bits per heavy atom. The second kappa shape index (κ2) is 24.3. The molecule has 0 spiro atoms. The van der Waals surface area contributed by atoms with Crippen LogP contribution in [0, 0.1) is 0 Å². The first-order valence-corrected chi connectivity index (χ1v) is 0.636. The van der Waals surface area contributed by atoms with Gasteiger partial charge in [-0.05, 0) is 0 Å². The molecule has 0 aliphatic heterocycles. The van der Waals surface area contributed by atoms with Gasteiger partial charge in [0, 0.05) is 0 Å². The SMILES string of the molecule is [H-].[H-].[Li+].[Li+].[O]=[Mn]. The Morgan fingerprint density at radius 3 is 1.25 bits per heavy atom. The zero-order chi connectivity index (χ0) is 2.00. The van der Waals surface area contributed by atoms with Gasteiger partial charge in [0.2, 0.25) is 0 Å². The minimum atomic E-state index is 0. The fourth-order valence-corrected chi connectivity index (χ4v) is 0. The molecule has 0 bridgehead atoms. The zero-order valence-corrected chi connectivity index (χ0v) is 3.97. The van der Waals surface area contributed by atoms with Crippen molar-refractivity contribution >= 4 is 0 Å². The third kappa shape index (κ3) is 9.69. The molecule has 0 saturated carbocycles. The van der Waals surface area contributed by atoms with Crippen molar-refractivity contribution in [3.8, 4) is 0 Å². The van der Waals surface area contributed by atoms with E-state index in [2.05, 4.69) is 0 Å². The molecule has 0 radical (unpaired) electrons. The van der Waals surface area contributed by atoms with Crippen molar-refractivity contribution in [3.05, 3.63) is 0 Å². The Hall–Kier alpha value is 1.51. The van der Waals surface area contributed by atoms with Crippen molar-refractivity contribution in [2.24, 2.45) is 0 Å². The molecule has 0 amide bonds. The molecule has 0 aromatic rings. The average molecular weight is 86.8 g/mol.